The number of anilines is 1. The summed E-state index contributed by atoms with van der Waals surface area (Å²) < 4.78 is 0. The Balaban J connectivity index is 1.72. The molecule has 2 aromatic rings. The van der Waals surface area contributed by atoms with Crippen molar-refractivity contribution >= 4 is 17.5 Å². The first kappa shape index (κ1) is 17.9. The van der Waals surface area contributed by atoms with Crippen LogP contribution in [-0.4, -0.2) is 38.3 Å². The van der Waals surface area contributed by atoms with Crippen LogP contribution < -0.4 is 10.6 Å². The minimum atomic E-state index is -0.138. The van der Waals surface area contributed by atoms with Gasteiger partial charge in [0.25, 0.3) is 0 Å². The number of carbonyl (C=O) groups is 2. The van der Waals surface area contributed by atoms with Crippen LogP contribution in [0.3, 0.4) is 0 Å². The summed E-state index contributed by atoms with van der Waals surface area (Å²) >= 11 is 0. The highest BCUT2D eigenvalue weighted by atomic mass is 16.2. The average molecular weight is 354 g/mol. The largest absolute Gasteiger partial charge is 0.354 e. The number of nitrogens with zero attached hydrogens (tertiary/aromatic N) is 4. The molecule has 2 atom stereocenters. The number of amides is 2. The Morgan fingerprint density at radius 2 is 1.81 bits per heavy atom. The maximum Gasteiger partial charge on any atom is 0.221 e. The lowest BCUT2D eigenvalue weighted by atomic mass is 9.85. The van der Waals surface area contributed by atoms with Gasteiger partial charge in [-0.15, -0.1) is 20.4 Å². The molecule has 1 aromatic heterocycles. The van der Waals surface area contributed by atoms with E-state index >= 15 is 0 Å². The number of nitrogens with one attached hydrogen (secondary N) is 2. The first-order valence-corrected chi connectivity index (χ1v) is 8.73. The molecule has 8 heteroatoms. The Morgan fingerprint density at radius 3 is 2.50 bits per heavy atom. The molecular formula is C18H22N6O2. The van der Waals surface area contributed by atoms with Crippen LogP contribution in [0.1, 0.15) is 51.3 Å². The van der Waals surface area contributed by atoms with E-state index in [1.165, 1.54) is 13.8 Å². The number of hydrogen-bond acceptors (Lipinski definition) is 6. The van der Waals surface area contributed by atoms with Gasteiger partial charge < -0.3 is 10.6 Å². The SMILES string of the molecule is CC(=O)Nc1cccc(-c2nnc([C@@H]3CCC[C@@H](NC(C)=O)C3)nn2)c1. The summed E-state index contributed by atoms with van der Waals surface area (Å²) in [5.41, 5.74) is 1.41. The van der Waals surface area contributed by atoms with Gasteiger partial charge in [-0.3, -0.25) is 9.59 Å². The minimum absolute atomic E-state index is 0.0118. The third kappa shape index (κ3) is 4.59. The van der Waals surface area contributed by atoms with E-state index in [0.717, 1.165) is 31.2 Å². The fourth-order valence-corrected chi connectivity index (χ4v) is 3.30. The molecule has 2 amide bonds. The molecule has 1 heterocycles. The molecule has 8 nitrogen and oxygen atoms in total. The molecule has 1 aromatic carbocycles. The summed E-state index contributed by atoms with van der Waals surface area (Å²) in [6.07, 6.45) is 3.77. The van der Waals surface area contributed by atoms with Crippen LogP contribution in [0.15, 0.2) is 24.3 Å². The summed E-state index contributed by atoms with van der Waals surface area (Å²) in [5, 5.41) is 22.6. The van der Waals surface area contributed by atoms with Crippen molar-refractivity contribution in [2.45, 2.75) is 51.5 Å². The van der Waals surface area contributed by atoms with Crippen LogP contribution in [0, 0.1) is 0 Å². The molecule has 26 heavy (non-hydrogen) atoms. The van der Waals surface area contributed by atoms with E-state index in [2.05, 4.69) is 31.0 Å². The molecule has 0 unspecified atom stereocenters. The minimum Gasteiger partial charge on any atom is -0.354 e. The Bertz CT molecular complexity index is 793. The summed E-state index contributed by atoms with van der Waals surface area (Å²) in [6.45, 7) is 2.99. The van der Waals surface area contributed by atoms with Crippen molar-refractivity contribution in [3.63, 3.8) is 0 Å². The first-order chi connectivity index (χ1) is 12.5. The van der Waals surface area contributed by atoms with Crippen molar-refractivity contribution in [3.05, 3.63) is 30.1 Å². The van der Waals surface area contributed by atoms with Gasteiger partial charge in [-0.25, -0.2) is 0 Å². The van der Waals surface area contributed by atoms with Crippen molar-refractivity contribution in [2.75, 3.05) is 5.32 Å². The second kappa shape index (κ2) is 7.99. The van der Waals surface area contributed by atoms with E-state index in [1.807, 2.05) is 12.1 Å². The maximum atomic E-state index is 11.3. The van der Waals surface area contributed by atoms with Gasteiger partial charge >= 0.3 is 0 Å². The third-order valence-corrected chi connectivity index (χ3v) is 4.38. The summed E-state index contributed by atoms with van der Waals surface area (Å²) in [7, 11) is 0. The summed E-state index contributed by atoms with van der Waals surface area (Å²) in [5.74, 6) is 1.03. The van der Waals surface area contributed by atoms with E-state index < -0.39 is 0 Å². The van der Waals surface area contributed by atoms with Gasteiger partial charge in [0.05, 0.1) is 0 Å². The van der Waals surface area contributed by atoms with Crippen LogP contribution in [0.25, 0.3) is 11.4 Å². The van der Waals surface area contributed by atoms with E-state index in [9.17, 15) is 9.59 Å². The second-order valence-electron chi connectivity index (χ2n) is 6.60. The Morgan fingerprint density at radius 1 is 1.04 bits per heavy atom. The van der Waals surface area contributed by atoms with Crippen LogP contribution in [0.4, 0.5) is 5.69 Å². The molecule has 2 N–H and O–H groups in total. The van der Waals surface area contributed by atoms with Gasteiger partial charge in [-0.2, -0.15) is 0 Å². The van der Waals surface area contributed by atoms with Gasteiger partial charge in [-0.1, -0.05) is 18.6 Å². The average Bonchev–Trinajstić information content (AvgIpc) is 2.61. The van der Waals surface area contributed by atoms with E-state index in [4.69, 9.17) is 0 Å². The molecule has 0 saturated heterocycles. The Kier molecular flexibility index (Phi) is 5.50. The molecule has 1 aliphatic rings. The number of carbonyl (C=O) groups excluding carboxylic acids is 2. The Labute approximate surface area is 151 Å². The molecule has 0 spiro atoms. The van der Waals surface area contributed by atoms with Crippen molar-refractivity contribution in [2.24, 2.45) is 0 Å². The van der Waals surface area contributed by atoms with Gasteiger partial charge in [0.15, 0.2) is 5.82 Å². The third-order valence-electron chi connectivity index (χ3n) is 4.38. The van der Waals surface area contributed by atoms with Gasteiger partial charge in [0.2, 0.25) is 17.6 Å². The molecule has 0 aliphatic heterocycles. The molecule has 0 radical (unpaired) electrons. The standard InChI is InChI=1S/C18H22N6O2/c1-11(25)19-15-7-3-5-13(9-15)17-21-23-18(24-22-17)14-6-4-8-16(10-14)20-12(2)26/h3,5,7,9,14,16H,4,6,8,10H2,1-2H3,(H,19,25)(H,20,26)/t14-,16-/m1/s1. The summed E-state index contributed by atoms with van der Waals surface area (Å²) in [4.78, 5) is 22.4. The molecular weight excluding hydrogens is 332 g/mol. The van der Waals surface area contributed by atoms with Crippen molar-refractivity contribution in [1.82, 2.24) is 25.7 Å². The Hall–Kier alpha value is -2.90. The molecule has 1 aliphatic carbocycles. The van der Waals surface area contributed by atoms with E-state index in [0.29, 0.717) is 17.3 Å². The lowest BCUT2D eigenvalue weighted by molar-refractivity contribution is -0.120. The van der Waals surface area contributed by atoms with Crippen LogP contribution in [-0.2, 0) is 9.59 Å². The van der Waals surface area contributed by atoms with E-state index in [1.54, 1.807) is 12.1 Å². The zero-order valence-electron chi connectivity index (χ0n) is 14.9. The number of rotatable bonds is 4. The lowest BCUT2D eigenvalue weighted by Crippen LogP contribution is -2.36. The monoisotopic (exact) mass is 354 g/mol. The van der Waals surface area contributed by atoms with Crippen molar-refractivity contribution in [1.29, 1.82) is 0 Å². The van der Waals surface area contributed by atoms with Gasteiger partial charge in [0, 0.05) is 37.1 Å². The summed E-state index contributed by atoms with van der Waals surface area (Å²) in [6, 6.07) is 7.40. The fourth-order valence-electron chi connectivity index (χ4n) is 3.30. The second-order valence-corrected chi connectivity index (χ2v) is 6.60. The highest BCUT2D eigenvalue weighted by molar-refractivity contribution is 5.89. The topological polar surface area (TPSA) is 110 Å². The quantitative estimate of drug-likeness (QED) is 0.869. The van der Waals surface area contributed by atoms with Crippen LogP contribution in [0.2, 0.25) is 0 Å². The van der Waals surface area contributed by atoms with Crippen molar-refractivity contribution < 1.29 is 9.59 Å². The van der Waals surface area contributed by atoms with Crippen molar-refractivity contribution in [3.8, 4) is 11.4 Å². The normalized spacial score (nSPS) is 19.6. The highest BCUT2D eigenvalue weighted by Crippen LogP contribution is 2.30. The zero-order valence-corrected chi connectivity index (χ0v) is 14.9. The molecule has 0 bridgehead atoms. The number of hydrogen-bond donors (Lipinski definition) is 2. The predicted molar refractivity (Wildman–Crippen MR) is 96.2 cm³/mol. The lowest BCUT2D eigenvalue weighted by Gasteiger charge is -2.28. The smallest absolute Gasteiger partial charge is 0.221 e. The first-order valence-electron chi connectivity index (χ1n) is 8.73. The van der Waals surface area contributed by atoms with Crippen LogP contribution >= 0.6 is 0 Å². The highest BCUT2D eigenvalue weighted by Gasteiger charge is 2.26. The molecule has 1 saturated carbocycles. The van der Waals surface area contributed by atoms with Gasteiger partial charge in [-0.05, 0) is 31.4 Å². The zero-order chi connectivity index (χ0) is 18.5. The molecule has 136 valence electrons. The van der Waals surface area contributed by atoms with Gasteiger partial charge in [0.1, 0.15) is 0 Å². The molecule has 1 fully saturated rings. The fraction of sp³-hybridized carbons (Fsp3) is 0.444. The predicted octanol–water partition coefficient (Wildman–Crippen LogP) is 2.05. The van der Waals surface area contributed by atoms with Crippen LogP contribution in [0.5, 0.6) is 0 Å². The molecule has 3 rings (SSSR count). The van der Waals surface area contributed by atoms with E-state index in [-0.39, 0.29) is 23.8 Å². The number of aromatic nitrogens is 4. The maximum absolute atomic E-state index is 11.3. The number of benzene rings is 1.